The highest BCUT2D eigenvalue weighted by Crippen LogP contribution is 2.30. The molecule has 0 bridgehead atoms. The van der Waals surface area contributed by atoms with Gasteiger partial charge in [-0.2, -0.15) is 5.10 Å². The third-order valence-electron chi connectivity index (χ3n) is 3.04. The van der Waals surface area contributed by atoms with Gasteiger partial charge < -0.3 is 10.1 Å². The first-order valence-corrected chi connectivity index (χ1v) is 6.16. The summed E-state index contributed by atoms with van der Waals surface area (Å²) in [5.41, 5.74) is 1.66. The number of hydrogen-bond acceptors (Lipinski definition) is 3. The molecule has 1 unspecified atom stereocenters. The van der Waals surface area contributed by atoms with Crippen LogP contribution in [0.3, 0.4) is 0 Å². The predicted octanol–water partition coefficient (Wildman–Crippen LogP) is 2.94. The Morgan fingerprint density at radius 1 is 1.37 bits per heavy atom. The van der Waals surface area contributed by atoms with Gasteiger partial charge in [-0.05, 0) is 39.1 Å². The first kappa shape index (κ1) is 13.5. The maximum Gasteiger partial charge on any atom is 0.217 e. The number of nitrogens with zero attached hydrogens (tertiary/aromatic N) is 2. The van der Waals surface area contributed by atoms with E-state index in [1.807, 2.05) is 34.0 Å². The van der Waals surface area contributed by atoms with Crippen molar-refractivity contribution >= 4 is 0 Å². The van der Waals surface area contributed by atoms with Crippen molar-refractivity contribution in [3.8, 4) is 11.6 Å². The van der Waals surface area contributed by atoms with Crippen LogP contribution in [0.4, 0.5) is 4.39 Å². The quantitative estimate of drug-likeness (QED) is 0.921. The molecule has 1 aromatic heterocycles. The Morgan fingerprint density at radius 3 is 2.68 bits per heavy atom. The van der Waals surface area contributed by atoms with Gasteiger partial charge in [0, 0.05) is 24.7 Å². The molecule has 0 amide bonds. The lowest BCUT2D eigenvalue weighted by atomic mass is 10.1. The molecule has 1 atom stereocenters. The predicted molar refractivity (Wildman–Crippen MR) is 71.9 cm³/mol. The Bertz CT molecular complexity index is 580. The molecule has 5 heteroatoms. The summed E-state index contributed by atoms with van der Waals surface area (Å²) < 4.78 is 20.9. The fourth-order valence-corrected chi connectivity index (χ4v) is 1.90. The molecule has 1 heterocycles. The van der Waals surface area contributed by atoms with E-state index in [0.717, 1.165) is 11.3 Å². The Hall–Kier alpha value is -1.88. The van der Waals surface area contributed by atoms with Crippen LogP contribution in [-0.4, -0.2) is 16.8 Å². The standard InChI is InChI=1S/C14H18FN3O/c1-9-7-14(18(4)17-9)19-13-6-5-11(15)8-12(13)10(2)16-3/h5-8,10,16H,1-4H3. The van der Waals surface area contributed by atoms with Crippen molar-refractivity contribution in [2.45, 2.75) is 19.9 Å². The molecular formula is C14H18FN3O. The third-order valence-corrected chi connectivity index (χ3v) is 3.04. The van der Waals surface area contributed by atoms with E-state index in [0.29, 0.717) is 11.6 Å². The molecule has 19 heavy (non-hydrogen) atoms. The zero-order chi connectivity index (χ0) is 14.0. The van der Waals surface area contributed by atoms with Crippen molar-refractivity contribution in [3.05, 3.63) is 41.3 Å². The Kier molecular flexibility index (Phi) is 3.85. The van der Waals surface area contributed by atoms with Gasteiger partial charge in [0.25, 0.3) is 0 Å². The Morgan fingerprint density at radius 2 is 2.11 bits per heavy atom. The minimum absolute atomic E-state index is 0.0000227. The second kappa shape index (κ2) is 5.40. The largest absolute Gasteiger partial charge is 0.439 e. The number of halogens is 1. The lowest BCUT2D eigenvalue weighted by Crippen LogP contribution is -2.13. The van der Waals surface area contributed by atoms with Crippen LogP contribution < -0.4 is 10.1 Å². The molecule has 0 aliphatic rings. The second-order valence-corrected chi connectivity index (χ2v) is 4.54. The molecule has 0 radical (unpaired) electrons. The molecule has 2 aromatic rings. The van der Waals surface area contributed by atoms with Crippen LogP contribution in [-0.2, 0) is 7.05 Å². The van der Waals surface area contributed by atoms with E-state index in [2.05, 4.69) is 10.4 Å². The molecule has 1 aromatic carbocycles. The van der Waals surface area contributed by atoms with E-state index in [1.165, 1.54) is 12.1 Å². The van der Waals surface area contributed by atoms with Gasteiger partial charge in [-0.1, -0.05) is 0 Å². The van der Waals surface area contributed by atoms with Gasteiger partial charge in [0.05, 0.1) is 5.69 Å². The molecule has 4 nitrogen and oxygen atoms in total. The highest BCUT2D eigenvalue weighted by atomic mass is 19.1. The smallest absolute Gasteiger partial charge is 0.217 e. The van der Waals surface area contributed by atoms with Gasteiger partial charge in [-0.15, -0.1) is 0 Å². The summed E-state index contributed by atoms with van der Waals surface area (Å²) >= 11 is 0. The molecule has 102 valence electrons. The summed E-state index contributed by atoms with van der Waals surface area (Å²) in [6.07, 6.45) is 0. The van der Waals surface area contributed by atoms with Gasteiger partial charge >= 0.3 is 0 Å². The zero-order valence-electron chi connectivity index (χ0n) is 11.6. The Balaban J connectivity index is 2.36. The topological polar surface area (TPSA) is 39.1 Å². The Labute approximate surface area is 112 Å². The van der Waals surface area contributed by atoms with Crippen LogP contribution in [0.1, 0.15) is 24.2 Å². The monoisotopic (exact) mass is 263 g/mol. The van der Waals surface area contributed by atoms with Crippen LogP contribution in [0.25, 0.3) is 0 Å². The summed E-state index contributed by atoms with van der Waals surface area (Å²) in [7, 11) is 3.64. The van der Waals surface area contributed by atoms with Gasteiger partial charge in [0.1, 0.15) is 11.6 Å². The van der Waals surface area contributed by atoms with Crippen LogP contribution in [0.15, 0.2) is 24.3 Å². The lowest BCUT2D eigenvalue weighted by molar-refractivity contribution is 0.418. The maximum atomic E-state index is 13.4. The zero-order valence-corrected chi connectivity index (χ0v) is 11.6. The van der Waals surface area contributed by atoms with Gasteiger partial charge in [-0.3, -0.25) is 0 Å². The van der Waals surface area contributed by atoms with E-state index in [-0.39, 0.29) is 11.9 Å². The average Bonchev–Trinajstić information content (AvgIpc) is 2.69. The molecule has 1 N–H and O–H groups in total. The molecule has 0 fully saturated rings. The normalized spacial score (nSPS) is 12.5. The van der Waals surface area contributed by atoms with Crippen LogP contribution >= 0.6 is 0 Å². The number of aryl methyl sites for hydroxylation is 2. The molecule has 0 spiro atoms. The first-order valence-electron chi connectivity index (χ1n) is 6.16. The fraction of sp³-hybridized carbons (Fsp3) is 0.357. The van der Waals surface area contributed by atoms with Crippen molar-refractivity contribution < 1.29 is 9.13 Å². The van der Waals surface area contributed by atoms with Crippen molar-refractivity contribution in [3.63, 3.8) is 0 Å². The molecule has 0 aliphatic carbocycles. The van der Waals surface area contributed by atoms with Gasteiger partial charge in [0.2, 0.25) is 5.88 Å². The fourth-order valence-electron chi connectivity index (χ4n) is 1.90. The number of benzene rings is 1. The molecule has 0 saturated carbocycles. The molecule has 0 saturated heterocycles. The third kappa shape index (κ3) is 2.93. The molecular weight excluding hydrogens is 245 g/mol. The highest BCUT2D eigenvalue weighted by Gasteiger charge is 2.14. The summed E-state index contributed by atoms with van der Waals surface area (Å²) in [4.78, 5) is 0. The van der Waals surface area contributed by atoms with E-state index in [9.17, 15) is 4.39 Å². The number of ether oxygens (including phenoxy) is 1. The maximum absolute atomic E-state index is 13.4. The van der Waals surface area contributed by atoms with Crippen molar-refractivity contribution in [1.29, 1.82) is 0 Å². The molecule has 0 aliphatic heterocycles. The number of hydrogen-bond donors (Lipinski definition) is 1. The summed E-state index contributed by atoms with van der Waals surface area (Å²) in [6, 6.07) is 6.36. The minimum Gasteiger partial charge on any atom is -0.439 e. The SMILES string of the molecule is CNC(C)c1cc(F)ccc1Oc1cc(C)nn1C. The number of nitrogens with one attached hydrogen (secondary N) is 1. The highest BCUT2D eigenvalue weighted by molar-refractivity contribution is 5.38. The minimum atomic E-state index is -0.273. The number of aromatic nitrogens is 2. The average molecular weight is 263 g/mol. The number of rotatable bonds is 4. The van der Waals surface area contributed by atoms with Crippen LogP contribution in [0.2, 0.25) is 0 Å². The molecule has 2 rings (SSSR count). The van der Waals surface area contributed by atoms with E-state index in [1.54, 1.807) is 10.7 Å². The second-order valence-electron chi connectivity index (χ2n) is 4.54. The summed E-state index contributed by atoms with van der Waals surface area (Å²) in [5.74, 6) is 0.991. The van der Waals surface area contributed by atoms with E-state index >= 15 is 0 Å². The van der Waals surface area contributed by atoms with Crippen LogP contribution in [0, 0.1) is 12.7 Å². The summed E-state index contributed by atoms with van der Waals surface area (Å²) in [5, 5.41) is 7.31. The van der Waals surface area contributed by atoms with Gasteiger partial charge in [0.15, 0.2) is 0 Å². The van der Waals surface area contributed by atoms with Crippen molar-refractivity contribution in [1.82, 2.24) is 15.1 Å². The first-order chi connectivity index (χ1) is 9.01. The van der Waals surface area contributed by atoms with Crippen molar-refractivity contribution in [2.75, 3.05) is 7.05 Å². The lowest BCUT2D eigenvalue weighted by Gasteiger charge is -2.16. The van der Waals surface area contributed by atoms with E-state index < -0.39 is 0 Å². The van der Waals surface area contributed by atoms with E-state index in [4.69, 9.17) is 4.74 Å². The summed E-state index contributed by atoms with van der Waals surface area (Å²) in [6.45, 7) is 3.85. The van der Waals surface area contributed by atoms with Crippen molar-refractivity contribution in [2.24, 2.45) is 7.05 Å². The van der Waals surface area contributed by atoms with Gasteiger partial charge in [-0.25, -0.2) is 9.07 Å². The van der Waals surface area contributed by atoms with Crippen LogP contribution in [0.5, 0.6) is 11.6 Å².